The zero-order valence-electron chi connectivity index (χ0n) is 10.6. The molecule has 0 spiro atoms. The van der Waals surface area contributed by atoms with Crippen molar-refractivity contribution in [3.63, 3.8) is 0 Å². The Morgan fingerprint density at radius 1 is 1.45 bits per heavy atom. The summed E-state index contributed by atoms with van der Waals surface area (Å²) >= 11 is 0. The van der Waals surface area contributed by atoms with Gasteiger partial charge in [-0.2, -0.15) is 4.98 Å². The Morgan fingerprint density at radius 2 is 2.20 bits per heavy atom. The predicted octanol–water partition coefficient (Wildman–Crippen LogP) is 0.620. The highest BCUT2D eigenvalue weighted by molar-refractivity contribution is 7.89. The molecule has 0 radical (unpaired) electrons. The lowest BCUT2D eigenvalue weighted by atomic mass is 10.2. The first-order chi connectivity index (χ1) is 9.40. The molecule has 0 aliphatic rings. The molecule has 3 N–H and O–H groups in total. The number of rotatable bonds is 5. The third-order valence-electron chi connectivity index (χ3n) is 2.71. The number of hydrogen-bond donors (Lipinski definition) is 2. The fourth-order valence-corrected chi connectivity index (χ4v) is 2.59. The van der Waals surface area contributed by atoms with Crippen LogP contribution in [0.25, 0.3) is 0 Å². The molecule has 1 aromatic carbocycles. The molecule has 0 aliphatic carbocycles. The molecule has 0 atom stereocenters. The first kappa shape index (κ1) is 14.4. The van der Waals surface area contributed by atoms with Crippen molar-refractivity contribution in [2.75, 3.05) is 12.3 Å². The van der Waals surface area contributed by atoms with Crippen molar-refractivity contribution in [1.82, 2.24) is 14.9 Å². The summed E-state index contributed by atoms with van der Waals surface area (Å²) in [4.78, 5) is 3.54. The van der Waals surface area contributed by atoms with Gasteiger partial charge in [-0.25, -0.2) is 17.5 Å². The minimum Gasteiger partial charge on any atom is -0.398 e. The van der Waals surface area contributed by atoms with Gasteiger partial charge in [-0.05, 0) is 19.1 Å². The molecule has 0 amide bonds. The highest BCUT2D eigenvalue weighted by Gasteiger charge is 2.17. The molecule has 0 saturated carbocycles. The minimum absolute atomic E-state index is 0.0555. The number of nitrogens with one attached hydrogen (secondary N) is 1. The molecule has 1 heterocycles. The van der Waals surface area contributed by atoms with E-state index in [1.54, 1.807) is 0 Å². The maximum atomic E-state index is 13.5. The van der Waals surface area contributed by atoms with Gasteiger partial charge in [0.1, 0.15) is 5.82 Å². The van der Waals surface area contributed by atoms with Crippen LogP contribution < -0.4 is 10.5 Å². The molecule has 2 aromatic rings. The van der Waals surface area contributed by atoms with Crippen molar-refractivity contribution >= 4 is 15.7 Å². The van der Waals surface area contributed by atoms with Gasteiger partial charge >= 0.3 is 0 Å². The highest BCUT2D eigenvalue weighted by Crippen LogP contribution is 2.20. The maximum Gasteiger partial charge on any atom is 0.240 e. The van der Waals surface area contributed by atoms with Gasteiger partial charge in [-0.3, -0.25) is 0 Å². The Bertz CT molecular complexity index is 677. The standard InChI is InChI=1S/C11H13FN4O3S/c1-7-9(12)4-8(5-10(7)13)20(17,18)16-3-2-11-14-6-15-19-11/h4-6,16H,2-3,13H2,1H3. The third kappa shape index (κ3) is 3.11. The summed E-state index contributed by atoms with van der Waals surface area (Å²) in [5.41, 5.74) is 5.86. The van der Waals surface area contributed by atoms with Gasteiger partial charge in [0.2, 0.25) is 15.9 Å². The Hall–Kier alpha value is -2.00. The fraction of sp³-hybridized carbons (Fsp3) is 0.273. The van der Waals surface area contributed by atoms with Gasteiger partial charge in [0.05, 0.1) is 4.90 Å². The second-order valence-corrected chi connectivity index (χ2v) is 5.87. The average Bonchev–Trinajstić information content (AvgIpc) is 2.88. The molecular formula is C11H13FN4O3S. The summed E-state index contributed by atoms with van der Waals surface area (Å²) < 4.78 is 44.5. The minimum atomic E-state index is -3.84. The number of anilines is 1. The largest absolute Gasteiger partial charge is 0.398 e. The smallest absolute Gasteiger partial charge is 0.240 e. The van der Waals surface area contributed by atoms with Crippen molar-refractivity contribution in [3.8, 4) is 0 Å². The number of halogens is 1. The number of sulfonamides is 1. The first-order valence-corrected chi connectivity index (χ1v) is 7.19. The summed E-state index contributed by atoms with van der Waals surface area (Å²) in [6, 6.07) is 2.15. The molecule has 7 nitrogen and oxygen atoms in total. The van der Waals surface area contributed by atoms with Gasteiger partial charge < -0.3 is 10.3 Å². The summed E-state index contributed by atoms with van der Waals surface area (Å²) in [7, 11) is -3.84. The number of benzene rings is 1. The lowest BCUT2D eigenvalue weighted by Gasteiger charge is -2.08. The maximum absolute atomic E-state index is 13.5. The van der Waals surface area contributed by atoms with E-state index < -0.39 is 15.8 Å². The van der Waals surface area contributed by atoms with Crippen molar-refractivity contribution in [1.29, 1.82) is 0 Å². The number of nitrogens with zero attached hydrogens (tertiary/aromatic N) is 2. The zero-order valence-corrected chi connectivity index (χ0v) is 11.4. The summed E-state index contributed by atoms with van der Waals surface area (Å²) in [5.74, 6) is -0.357. The summed E-state index contributed by atoms with van der Waals surface area (Å²) in [6.07, 6.45) is 1.46. The van der Waals surface area contributed by atoms with E-state index in [9.17, 15) is 12.8 Å². The lowest BCUT2D eigenvalue weighted by Crippen LogP contribution is -2.26. The SMILES string of the molecule is Cc1c(N)cc(S(=O)(=O)NCCc2ncno2)cc1F. The quantitative estimate of drug-likeness (QED) is 0.783. The Kier molecular flexibility index (Phi) is 4.00. The van der Waals surface area contributed by atoms with Crippen molar-refractivity contribution in [3.05, 3.63) is 35.7 Å². The third-order valence-corrected chi connectivity index (χ3v) is 4.15. The summed E-state index contributed by atoms with van der Waals surface area (Å²) in [6.45, 7) is 1.53. The monoisotopic (exact) mass is 300 g/mol. The second kappa shape index (κ2) is 5.55. The van der Waals surface area contributed by atoms with Crippen LogP contribution in [0.1, 0.15) is 11.5 Å². The molecule has 0 saturated heterocycles. The molecule has 2 rings (SSSR count). The molecule has 108 valence electrons. The van der Waals surface area contributed by atoms with Crippen LogP contribution in [0.5, 0.6) is 0 Å². The van der Waals surface area contributed by atoms with Crippen LogP contribution in [0.3, 0.4) is 0 Å². The topological polar surface area (TPSA) is 111 Å². The van der Waals surface area contributed by atoms with Gasteiger partial charge in [0.15, 0.2) is 6.33 Å². The molecule has 0 bridgehead atoms. The first-order valence-electron chi connectivity index (χ1n) is 5.71. The zero-order chi connectivity index (χ0) is 14.8. The van der Waals surface area contributed by atoms with Crippen molar-refractivity contribution in [2.24, 2.45) is 0 Å². The van der Waals surface area contributed by atoms with Gasteiger partial charge in [-0.15, -0.1) is 0 Å². The molecule has 1 aromatic heterocycles. The number of hydrogen-bond acceptors (Lipinski definition) is 6. The lowest BCUT2D eigenvalue weighted by molar-refractivity contribution is 0.377. The van der Waals surface area contributed by atoms with Crippen molar-refractivity contribution < 1.29 is 17.3 Å². The van der Waals surface area contributed by atoms with Crippen LogP contribution in [-0.4, -0.2) is 25.1 Å². The predicted molar refractivity (Wildman–Crippen MR) is 68.7 cm³/mol. The highest BCUT2D eigenvalue weighted by atomic mass is 32.2. The van der Waals surface area contributed by atoms with Crippen LogP contribution in [0.2, 0.25) is 0 Å². The van der Waals surface area contributed by atoms with Gasteiger partial charge in [0.25, 0.3) is 0 Å². The van der Waals surface area contributed by atoms with Crippen LogP contribution in [0, 0.1) is 12.7 Å². The van der Waals surface area contributed by atoms with E-state index in [4.69, 9.17) is 10.3 Å². The van der Waals surface area contributed by atoms with E-state index in [1.807, 2.05) is 0 Å². The normalized spacial score (nSPS) is 11.7. The van der Waals surface area contributed by atoms with E-state index >= 15 is 0 Å². The van der Waals surface area contributed by atoms with Crippen LogP contribution in [0.15, 0.2) is 27.9 Å². The Morgan fingerprint density at radius 3 is 2.80 bits per heavy atom. The average molecular weight is 300 g/mol. The number of aromatic nitrogens is 2. The van der Waals surface area contributed by atoms with Gasteiger partial charge in [0, 0.05) is 24.2 Å². The molecule has 0 aliphatic heterocycles. The van der Waals surface area contributed by atoms with Crippen LogP contribution in [0.4, 0.5) is 10.1 Å². The van der Waals surface area contributed by atoms with E-state index in [0.717, 1.165) is 6.07 Å². The Labute approximate surface area is 115 Å². The molecule has 0 unspecified atom stereocenters. The van der Waals surface area contributed by atoms with E-state index in [1.165, 1.54) is 19.3 Å². The molecule has 0 fully saturated rings. The summed E-state index contributed by atoms with van der Waals surface area (Å²) in [5, 5.41) is 3.40. The fourth-order valence-electron chi connectivity index (χ4n) is 1.51. The number of nitrogen functional groups attached to an aromatic ring is 1. The number of nitrogens with two attached hydrogens (primary N) is 1. The molecular weight excluding hydrogens is 287 g/mol. The second-order valence-electron chi connectivity index (χ2n) is 4.10. The van der Waals surface area contributed by atoms with E-state index in [-0.39, 0.29) is 29.1 Å². The Balaban J connectivity index is 2.10. The van der Waals surface area contributed by atoms with E-state index in [0.29, 0.717) is 5.89 Å². The van der Waals surface area contributed by atoms with E-state index in [2.05, 4.69) is 14.9 Å². The van der Waals surface area contributed by atoms with Crippen LogP contribution in [-0.2, 0) is 16.4 Å². The molecule has 20 heavy (non-hydrogen) atoms. The molecule has 9 heteroatoms. The van der Waals surface area contributed by atoms with Crippen molar-refractivity contribution in [2.45, 2.75) is 18.2 Å². The van der Waals surface area contributed by atoms with Gasteiger partial charge in [-0.1, -0.05) is 5.16 Å². The van der Waals surface area contributed by atoms with Crippen LogP contribution >= 0.6 is 0 Å².